The van der Waals surface area contributed by atoms with Gasteiger partial charge in [0.25, 0.3) is 0 Å². The van der Waals surface area contributed by atoms with E-state index in [1.54, 1.807) is 0 Å². The summed E-state index contributed by atoms with van der Waals surface area (Å²) in [7, 11) is 0. The maximum Gasteiger partial charge on any atom is 0.0620 e. The van der Waals surface area contributed by atoms with Crippen molar-refractivity contribution in [2.24, 2.45) is 0 Å². The molecule has 16 rings (SSSR count). The first kappa shape index (κ1) is 48.9. The molecule has 11 aromatic rings. The summed E-state index contributed by atoms with van der Waals surface area (Å²) in [6, 6.07) is 85.9. The van der Waals surface area contributed by atoms with Gasteiger partial charge in [0.2, 0.25) is 0 Å². The van der Waals surface area contributed by atoms with E-state index in [0.29, 0.717) is 5.92 Å². The van der Waals surface area contributed by atoms with E-state index in [4.69, 9.17) is 0 Å². The molecule has 82 heavy (non-hydrogen) atoms. The normalized spacial score (nSPS) is 17.4. The number of hydrogen-bond donors (Lipinski definition) is 0. The molecule has 0 saturated carbocycles. The lowest BCUT2D eigenvalue weighted by molar-refractivity contribution is 0.609. The predicted octanol–water partition coefficient (Wildman–Crippen LogP) is 21.5. The molecule has 0 bridgehead atoms. The van der Waals surface area contributed by atoms with Gasteiger partial charge in [0.15, 0.2) is 0 Å². The molecule has 2 heteroatoms. The third-order valence-corrected chi connectivity index (χ3v) is 20.2. The zero-order valence-electron chi connectivity index (χ0n) is 48.2. The number of hydrogen-bond acceptors (Lipinski definition) is 2. The van der Waals surface area contributed by atoms with E-state index >= 15 is 0 Å². The molecule has 0 fully saturated rings. The molecule has 0 spiro atoms. The number of nitrogens with zero attached hydrogens (tertiary/aromatic N) is 2. The van der Waals surface area contributed by atoms with Crippen LogP contribution < -0.4 is 9.80 Å². The fourth-order valence-electron chi connectivity index (χ4n) is 16.0. The second-order valence-corrected chi connectivity index (χ2v) is 26.0. The average molecular weight is 1060 g/mol. The van der Waals surface area contributed by atoms with Crippen LogP contribution in [-0.4, -0.2) is 0 Å². The minimum absolute atomic E-state index is 0.133. The van der Waals surface area contributed by atoms with Gasteiger partial charge in [0.05, 0.1) is 11.4 Å². The SMILES string of the molecule is CC1(C)C2=CC(N(c3ccc4c(c3)C(C)(C)c3ccccc3-4)c3c4ccccc4c(N(c4ccc5c(c4)-c4ccccc4C5(C)C)c4ccc5c(c4)C(C)(C)c4ccccc4-5)c4ccc(-c5ccccc5)cc34)=CCC2c2ccccc21. The summed E-state index contributed by atoms with van der Waals surface area (Å²) in [5, 5.41) is 4.77. The van der Waals surface area contributed by atoms with Crippen molar-refractivity contribution in [3.63, 3.8) is 0 Å². The maximum absolute atomic E-state index is 2.67. The Labute approximate surface area is 483 Å². The number of allylic oxidation sites excluding steroid dienone is 3. The van der Waals surface area contributed by atoms with Crippen molar-refractivity contribution in [1.29, 1.82) is 0 Å². The summed E-state index contributed by atoms with van der Waals surface area (Å²) in [6.07, 6.45) is 6.06. The fraction of sp³-hybridized carbons (Fsp3) is 0.175. The topological polar surface area (TPSA) is 6.48 Å². The van der Waals surface area contributed by atoms with Crippen molar-refractivity contribution in [3.8, 4) is 44.5 Å². The van der Waals surface area contributed by atoms with Gasteiger partial charge in [0.1, 0.15) is 0 Å². The second-order valence-electron chi connectivity index (χ2n) is 26.0. The van der Waals surface area contributed by atoms with Gasteiger partial charge < -0.3 is 9.80 Å². The largest absolute Gasteiger partial charge is 0.310 e. The summed E-state index contributed by atoms with van der Waals surface area (Å²) < 4.78 is 0. The summed E-state index contributed by atoms with van der Waals surface area (Å²) in [6.45, 7) is 19.3. The molecular weight excluding hydrogens is 989 g/mol. The lowest BCUT2D eigenvalue weighted by Crippen LogP contribution is -2.24. The van der Waals surface area contributed by atoms with Crippen molar-refractivity contribution >= 4 is 50.0 Å². The van der Waals surface area contributed by atoms with Crippen molar-refractivity contribution in [2.75, 3.05) is 9.80 Å². The van der Waals surface area contributed by atoms with Crippen LogP contribution in [0.25, 0.3) is 66.1 Å². The Morgan fingerprint density at radius 1 is 0.317 bits per heavy atom. The molecule has 1 atom stereocenters. The molecule has 0 heterocycles. The van der Waals surface area contributed by atoms with Crippen LogP contribution in [0.2, 0.25) is 0 Å². The molecule has 396 valence electrons. The maximum atomic E-state index is 2.67. The van der Waals surface area contributed by atoms with Crippen LogP contribution in [0.3, 0.4) is 0 Å². The van der Waals surface area contributed by atoms with Crippen LogP contribution in [0.5, 0.6) is 0 Å². The standard InChI is InChI=1S/C80H66N2/c1-77(2)70-33-21-17-27-58(70)65-45-51(38-43-71(65)77)81(52-35-40-59-55-24-14-18-30-67(55)78(3,4)72(59)46-52)75-62-28-12-13-29-63(62)76(66-44-50(34-39-64(66)75)49-22-10-9-11-23-49)82(53-36-41-60-56-25-15-19-31-68(56)79(5,6)73(60)47-53)54-37-42-61-57-26-16-20-32-69(57)80(7,8)74(61)48-54/h9-41,43-48,61H,42H2,1-8H3. The van der Waals surface area contributed by atoms with Crippen molar-refractivity contribution < 1.29 is 0 Å². The first-order chi connectivity index (χ1) is 39.7. The third kappa shape index (κ3) is 6.76. The van der Waals surface area contributed by atoms with Gasteiger partial charge in [-0.15, -0.1) is 0 Å². The monoisotopic (exact) mass is 1050 g/mol. The highest BCUT2D eigenvalue weighted by atomic mass is 15.2. The molecule has 2 nitrogen and oxygen atoms in total. The number of fused-ring (bicyclic) bond motifs is 14. The quantitative estimate of drug-likeness (QED) is 0.116. The fourth-order valence-corrected chi connectivity index (χ4v) is 16.0. The van der Waals surface area contributed by atoms with Gasteiger partial charge in [-0.1, -0.05) is 249 Å². The van der Waals surface area contributed by atoms with Crippen LogP contribution in [-0.2, 0) is 21.7 Å². The molecule has 0 amide bonds. The van der Waals surface area contributed by atoms with Gasteiger partial charge in [-0.2, -0.15) is 0 Å². The van der Waals surface area contributed by atoms with Gasteiger partial charge in [-0.3, -0.25) is 0 Å². The van der Waals surface area contributed by atoms with Crippen LogP contribution in [0.4, 0.5) is 28.4 Å². The summed E-state index contributed by atoms with van der Waals surface area (Å²) in [4.78, 5) is 5.28. The van der Waals surface area contributed by atoms with Gasteiger partial charge in [-0.05, 0) is 144 Å². The Bertz CT molecular complexity index is 4620. The lowest BCUT2D eigenvalue weighted by atomic mass is 9.78. The van der Waals surface area contributed by atoms with E-state index in [0.717, 1.165) is 23.5 Å². The van der Waals surface area contributed by atoms with Crippen LogP contribution in [0.15, 0.2) is 248 Å². The number of rotatable bonds is 7. The van der Waals surface area contributed by atoms with Crippen molar-refractivity contribution in [1.82, 2.24) is 0 Å². The Morgan fingerprint density at radius 2 is 0.768 bits per heavy atom. The van der Waals surface area contributed by atoms with E-state index in [-0.39, 0.29) is 21.7 Å². The highest BCUT2D eigenvalue weighted by molar-refractivity contribution is 6.23. The van der Waals surface area contributed by atoms with E-state index < -0.39 is 0 Å². The average Bonchev–Trinajstić information content (AvgIpc) is 4.22. The van der Waals surface area contributed by atoms with E-state index in [1.807, 2.05) is 0 Å². The summed E-state index contributed by atoms with van der Waals surface area (Å²) in [5.74, 6) is 0.328. The van der Waals surface area contributed by atoms with E-state index in [1.165, 1.54) is 133 Å². The molecule has 0 radical (unpaired) electrons. The van der Waals surface area contributed by atoms with Crippen LogP contribution in [0, 0.1) is 0 Å². The van der Waals surface area contributed by atoms with Crippen molar-refractivity contribution in [2.45, 2.75) is 89.4 Å². The highest BCUT2D eigenvalue weighted by Gasteiger charge is 2.44. The van der Waals surface area contributed by atoms with E-state index in [9.17, 15) is 0 Å². The van der Waals surface area contributed by atoms with Gasteiger partial charge in [0, 0.05) is 71.9 Å². The molecule has 5 aliphatic rings. The first-order valence-corrected chi connectivity index (χ1v) is 29.6. The first-order valence-electron chi connectivity index (χ1n) is 29.6. The molecule has 0 N–H and O–H groups in total. The Balaban J connectivity index is 1.01. The van der Waals surface area contributed by atoms with Crippen LogP contribution in [0.1, 0.15) is 112 Å². The second kappa shape index (κ2) is 17.3. The molecule has 1 unspecified atom stereocenters. The van der Waals surface area contributed by atoms with Crippen molar-refractivity contribution in [3.05, 3.63) is 292 Å². The van der Waals surface area contributed by atoms with Gasteiger partial charge >= 0.3 is 0 Å². The Kier molecular flexibility index (Phi) is 10.3. The summed E-state index contributed by atoms with van der Waals surface area (Å²) in [5.41, 5.74) is 29.2. The molecule has 11 aromatic carbocycles. The zero-order valence-corrected chi connectivity index (χ0v) is 48.2. The molecule has 0 aliphatic heterocycles. The molecule has 5 aliphatic carbocycles. The lowest BCUT2D eigenvalue weighted by Gasteiger charge is -2.36. The smallest absolute Gasteiger partial charge is 0.0620 e. The predicted molar refractivity (Wildman–Crippen MR) is 346 cm³/mol. The van der Waals surface area contributed by atoms with Crippen LogP contribution >= 0.6 is 0 Å². The minimum Gasteiger partial charge on any atom is -0.310 e. The van der Waals surface area contributed by atoms with Gasteiger partial charge in [-0.25, -0.2) is 0 Å². The highest BCUT2D eigenvalue weighted by Crippen LogP contribution is 2.59. The Hall–Kier alpha value is -8.98. The summed E-state index contributed by atoms with van der Waals surface area (Å²) >= 11 is 0. The zero-order chi connectivity index (χ0) is 55.6. The molecule has 0 aromatic heterocycles. The molecule has 0 saturated heterocycles. The molecular formula is C80H66N2. The third-order valence-electron chi connectivity index (χ3n) is 20.2. The minimum atomic E-state index is -0.199. The Morgan fingerprint density at radius 3 is 1.39 bits per heavy atom. The van der Waals surface area contributed by atoms with E-state index in [2.05, 4.69) is 302 Å². The number of anilines is 5. The number of benzene rings is 11.